The van der Waals surface area contributed by atoms with Crippen LogP contribution in [-0.4, -0.2) is 122 Å². The third kappa shape index (κ3) is 17.9. The fourth-order valence-electron chi connectivity index (χ4n) is 9.94. The molecule has 2 aliphatic rings. The summed E-state index contributed by atoms with van der Waals surface area (Å²) in [6, 6.07) is 30.5. The number of rotatable bonds is 19. The number of nitrogens with one attached hydrogen (secondary N) is 7. The Morgan fingerprint density at radius 1 is 0.534 bits per heavy atom. The van der Waals surface area contributed by atoms with Crippen molar-refractivity contribution in [3.8, 4) is 0 Å². The van der Waals surface area contributed by atoms with Gasteiger partial charge in [-0.05, 0) is 190 Å². The number of halogens is 1. The monoisotopic (exact) mass is 1210 g/mol. The zero-order chi connectivity index (χ0) is 62.3. The number of allylic oxidation sites excluding steroid dienone is 1. The maximum Gasteiger partial charge on any atom is 0.255 e. The number of carbonyl (C=O) groups is 4. The predicted octanol–water partition coefficient (Wildman–Crippen LogP) is 12.7. The molecule has 10 rings (SSSR count). The van der Waals surface area contributed by atoms with E-state index in [1.54, 1.807) is 54.9 Å². The first kappa shape index (κ1) is 66.3. The Morgan fingerprint density at radius 3 is 1.28 bits per heavy atom. The van der Waals surface area contributed by atoms with Crippen LogP contribution >= 0.6 is 11.6 Å². The van der Waals surface area contributed by atoms with E-state index in [1.807, 2.05) is 59.4 Å². The van der Waals surface area contributed by atoms with Crippen LogP contribution in [0.25, 0.3) is 22.3 Å². The first-order valence-electron chi connectivity index (χ1n) is 29.3. The molecule has 22 nitrogen and oxygen atoms in total. The minimum atomic E-state index is -0.509. The van der Waals surface area contributed by atoms with Crippen molar-refractivity contribution >= 4 is 115 Å². The van der Waals surface area contributed by atoms with E-state index < -0.39 is 5.24 Å². The summed E-state index contributed by atoms with van der Waals surface area (Å²) >= 11 is 4.71. The van der Waals surface area contributed by atoms with Crippen molar-refractivity contribution in [2.45, 2.75) is 125 Å². The highest BCUT2D eigenvalue weighted by atomic mass is 35.5. The molecular weight excluding hydrogens is 1130 g/mol. The van der Waals surface area contributed by atoms with Crippen molar-refractivity contribution in [3.63, 3.8) is 0 Å². The Kier molecular flexibility index (Phi) is 23.3. The zero-order valence-electron chi connectivity index (χ0n) is 50.6. The maximum atomic E-state index is 12.9. The minimum Gasteiger partial charge on any atom is -0.399 e. The number of aromatic nitrogens is 8. The molecule has 2 fully saturated rings. The molecule has 0 bridgehead atoms. The first-order chi connectivity index (χ1) is 41.7. The van der Waals surface area contributed by atoms with E-state index in [1.165, 1.54) is 6.08 Å². The molecule has 8 aromatic rings. The normalized spacial score (nSPS) is 13.8. The van der Waals surface area contributed by atoms with Crippen molar-refractivity contribution in [2.24, 2.45) is 0 Å². The van der Waals surface area contributed by atoms with Crippen molar-refractivity contribution in [2.75, 3.05) is 69.1 Å². The smallest absolute Gasteiger partial charge is 0.255 e. The molecule has 2 aliphatic heterocycles. The van der Waals surface area contributed by atoms with Crippen LogP contribution in [0.1, 0.15) is 121 Å². The van der Waals surface area contributed by atoms with Gasteiger partial charge >= 0.3 is 0 Å². The highest BCUT2D eigenvalue weighted by Gasteiger charge is 2.25. The van der Waals surface area contributed by atoms with Gasteiger partial charge in [0.15, 0.2) is 34.0 Å². The Bertz CT molecular complexity index is 3680. The summed E-state index contributed by atoms with van der Waals surface area (Å²) in [5.74, 6) is 1.57. The summed E-state index contributed by atoms with van der Waals surface area (Å²) in [5, 5.41) is 22.0. The number of nitrogens with zero attached hydrogens (tertiary/aromatic N) is 10. The average Bonchev–Trinajstić information content (AvgIpc) is 2.81. The number of fused-ring (bicyclic) bond motifs is 2. The van der Waals surface area contributed by atoms with Crippen molar-refractivity contribution in [3.05, 3.63) is 146 Å². The number of hydrogen-bond donors (Lipinski definition) is 8. The standard InChI is InChI=1S/C32H39N9O2.C29H37N9O.C3H3ClO.CH4/c1-6-27(42)34-23-12-10-22(11-13-23)31(43)36-26-9-7-8-25(18-26)35-29-28-30(41(19-33-28)21(4)5)39-32(38-29)37-24-14-16-40(17-15-24)20(2)3;1-18(2)37-14-12-22(13-15-37)34-29-35-26(25-27(36-29)38(17-31-25)19(3)4)32-23-6-5-7-24(16-23)33-28(39)20-8-10-21(30)11-9-20;1-2-3(4)5;/h6-13,18-21,24H,1,14-17H2,2-5H3,(H,34,42)(H,36,43)(H2,35,37,38,39);5-11,16-19,22H,12-15,30H2,1-4H3,(H,33,39)(H2,32,34,35,36);2H,1H2;1H4. The summed E-state index contributed by atoms with van der Waals surface area (Å²) in [7, 11) is 0. The van der Waals surface area contributed by atoms with Crippen LogP contribution in [0.4, 0.5) is 57.7 Å². The van der Waals surface area contributed by atoms with Crippen molar-refractivity contribution < 1.29 is 19.2 Å². The lowest BCUT2D eigenvalue weighted by molar-refractivity contribution is -0.112. The van der Waals surface area contributed by atoms with Gasteiger partial charge in [-0.1, -0.05) is 32.7 Å². The van der Waals surface area contributed by atoms with E-state index in [4.69, 9.17) is 37.3 Å². The molecular formula is C65H83ClN18O4. The van der Waals surface area contributed by atoms with Crippen molar-refractivity contribution in [1.29, 1.82) is 0 Å². The lowest BCUT2D eigenvalue weighted by atomic mass is 10.0. The molecule has 0 spiro atoms. The van der Waals surface area contributed by atoms with Gasteiger partial charge in [-0.2, -0.15) is 19.9 Å². The summed E-state index contributed by atoms with van der Waals surface area (Å²) in [6.07, 6.45) is 9.98. The average molecular weight is 1220 g/mol. The highest BCUT2D eigenvalue weighted by molar-refractivity contribution is 6.66. The number of nitrogen functional groups attached to an aromatic ring is 1. The molecule has 0 radical (unpaired) electrons. The second-order valence-electron chi connectivity index (χ2n) is 22.4. The highest BCUT2D eigenvalue weighted by Crippen LogP contribution is 2.31. The molecule has 88 heavy (non-hydrogen) atoms. The third-order valence-electron chi connectivity index (χ3n) is 14.8. The number of hydrogen-bond acceptors (Lipinski definition) is 17. The van der Waals surface area contributed by atoms with Gasteiger partial charge in [0.25, 0.3) is 11.8 Å². The lowest BCUT2D eigenvalue weighted by Gasteiger charge is -2.34. The zero-order valence-corrected chi connectivity index (χ0v) is 51.4. The number of imidazole rings is 2. The maximum absolute atomic E-state index is 12.9. The van der Waals surface area contributed by atoms with Crippen LogP contribution in [0, 0.1) is 0 Å². The quantitative estimate of drug-likeness (QED) is 0.0212. The van der Waals surface area contributed by atoms with Gasteiger partial charge in [-0.25, -0.2) is 9.97 Å². The number of anilines is 10. The topological polar surface area (TPSA) is 272 Å². The van der Waals surface area contributed by atoms with Crippen LogP contribution in [0.3, 0.4) is 0 Å². The first-order valence-corrected chi connectivity index (χ1v) is 29.7. The van der Waals surface area contributed by atoms with Gasteiger partial charge in [0.1, 0.15) is 0 Å². The molecule has 0 saturated carbocycles. The molecule has 3 amide bonds. The molecule has 6 heterocycles. The largest absolute Gasteiger partial charge is 0.399 e. The molecule has 0 atom stereocenters. The van der Waals surface area contributed by atoms with Gasteiger partial charge in [0.2, 0.25) is 23.0 Å². The molecule has 2 saturated heterocycles. The number of nitrogens with two attached hydrogens (primary N) is 1. The fourth-order valence-corrected chi connectivity index (χ4v) is 9.94. The van der Waals surface area contributed by atoms with E-state index in [9.17, 15) is 19.2 Å². The van der Waals surface area contributed by atoms with Crippen LogP contribution in [0.2, 0.25) is 0 Å². The van der Waals surface area contributed by atoms with Gasteiger partial charge in [-0.3, -0.25) is 19.2 Å². The van der Waals surface area contributed by atoms with Gasteiger partial charge in [0, 0.05) is 108 Å². The van der Waals surface area contributed by atoms with E-state index in [-0.39, 0.29) is 37.2 Å². The Balaban J connectivity index is 0.000000231. The van der Waals surface area contributed by atoms with E-state index in [0.29, 0.717) is 92.6 Å². The Hall–Kier alpha value is -9.25. The number of piperidine rings is 2. The number of benzene rings is 4. The minimum absolute atomic E-state index is 0. The molecule has 4 aromatic carbocycles. The van der Waals surface area contributed by atoms with Gasteiger partial charge in [-0.15, -0.1) is 0 Å². The van der Waals surface area contributed by atoms with Crippen molar-refractivity contribution in [1.82, 2.24) is 48.8 Å². The molecule has 464 valence electrons. The van der Waals surface area contributed by atoms with Crippen LogP contribution in [0.5, 0.6) is 0 Å². The molecule has 23 heteroatoms. The summed E-state index contributed by atoms with van der Waals surface area (Å²) in [5.41, 5.74) is 13.6. The van der Waals surface area contributed by atoms with Gasteiger partial charge < -0.3 is 61.9 Å². The fraction of sp³-hybridized carbons (Fsp3) is 0.354. The number of likely N-dealkylation sites (tertiary alicyclic amines) is 2. The van der Waals surface area contributed by atoms with E-state index in [2.05, 4.69) is 130 Å². The summed E-state index contributed by atoms with van der Waals surface area (Å²) in [6.45, 7) is 28.1. The SMILES string of the molecule is C.C=CC(=O)Cl.C=CC(=O)Nc1ccc(C(=O)Nc2cccc(Nc3nc(NC4CCN(C(C)C)CC4)nc4c3ncn4C(C)C)c2)cc1.CC(C)N1CCC(Nc2nc(Nc3cccc(NC(=O)c4ccc(N)cc4)c3)c3ncn(C(C)C)c3n2)CC1. The molecule has 9 N–H and O–H groups in total. The second-order valence-corrected chi connectivity index (χ2v) is 22.8. The summed E-state index contributed by atoms with van der Waals surface area (Å²) in [4.78, 5) is 80.3. The lowest BCUT2D eigenvalue weighted by Crippen LogP contribution is -2.42. The Labute approximate surface area is 520 Å². The number of amides is 3. The van der Waals surface area contributed by atoms with Crippen LogP contribution < -0.4 is 43.0 Å². The Morgan fingerprint density at radius 2 is 0.920 bits per heavy atom. The summed E-state index contributed by atoms with van der Waals surface area (Å²) < 4.78 is 4.09. The van der Waals surface area contributed by atoms with Crippen LogP contribution in [0.15, 0.2) is 135 Å². The molecule has 0 unspecified atom stereocenters. The molecule has 4 aromatic heterocycles. The second kappa shape index (κ2) is 30.9. The van der Waals surface area contributed by atoms with Gasteiger partial charge in [0.05, 0.1) is 12.7 Å². The third-order valence-corrected chi connectivity index (χ3v) is 15.0. The van der Waals surface area contributed by atoms with Crippen LogP contribution in [-0.2, 0) is 9.59 Å². The predicted molar refractivity (Wildman–Crippen MR) is 357 cm³/mol. The number of carbonyl (C=O) groups excluding carboxylic acids is 4. The van der Waals surface area contributed by atoms with E-state index in [0.717, 1.165) is 80.6 Å². The molecule has 0 aliphatic carbocycles. The van der Waals surface area contributed by atoms with E-state index >= 15 is 0 Å².